The van der Waals surface area contributed by atoms with Gasteiger partial charge in [0.05, 0.1) is 11.6 Å². The van der Waals surface area contributed by atoms with Crippen molar-refractivity contribution < 1.29 is 4.39 Å². The molecule has 0 unspecified atom stereocenters. The molecule has 2 nitrogen and oxygen atoms in total. The van der Waals surface area contributed by atoms with Gasteiger partial charge in [0.15, 0.2) is 0 Å². The molecule has 0 bridgehead atoms. The molecule has 1 aromatic heterocycles. The Morgan fingerprint density at radius 1 is 1.12 bits per heavy atom. The van der Waals surface area contributed by atoms with Crippen LogP contribution in [-0.2, 0) is 12.3 Å². The van der Waals surface area contributed by atoms with Crippen LogP contribution in [0, 0.1) is 5.82 Å². The Kier molecular flexibility index (Phi) is 3.47. The maximum absolute atomic E-state index is 12.7. The summed E-state index contributed by atoms with van der Waals surface area (Å²) in [5.41, 5.74) is 1.78. The molecule has 2 rings (SSSR count). The summed E-state index contributed by atoms with van der Waals surface area (Å²) in [6, 6.07) is 8.10. The van der Waals surface area contributed by atoms with Gasteiger partial charge in [-0.05, 0) is 23.8 Å². The summed E-state index contributed by atoms with van der Waals surface area (Å²) in [5.74, 6) is 0.836. The predicted molar refractivity (Wildman–Crippen MR) is 60.8 cm³/mol. The molecule has 0 radical (unpaired) electrons. The van der Waals surface area contributed by atoms with Gasteiger partial charge in [-0.3, -0.25) is 0 Å². The fourth-order valence-corrected chi connectivity index (χ4v) is 1.53. The van der Waals surface area contributed by atoms with Crippen LogP contribution in [0.1, 0.15) is 17.1 Å². The van der Waals surface area contributed by atoms with Crippen molar-refractivity contribution in [3.05, 3.63) is 59.4 Å². The van der Waals surface area contributed by atoms with E-state index in [0.29, 0.717) is 18.1 Å². The standard InChI is InChI=1S/C12H10ClFN2/c13-8-11-5-6-15-12(16-11)7-9-1-3-10(14)4-2-9/h1-6H,7-8H2. The van der Waals surface area contributed by atoms with Crippen molar-refractivity contribution in [2.75, 3.05) is 0 Å². The Morgan fingerprint density at radius 2 is 1.88 bits per heavy atom. The Labute approximate surface area is 98.1 Å². The average molecular weight is 237 g/mol. The third kappa shape index (κ3) is 2.76. The monoisotopic (exact) mass is 236 g/mol. The smallest absolute Gasteiger partial charge is 0.132 e. The van der Waals surface area contributed by atoms with Crippen molar-refractivity contribution in [1.82, 2.24) is 9.97 Å². The predicted octanol–water partition coefficient (Wildman–Crippen LogP) is 2.95. The van der Waals surface area contributed by atoms with Crippen LogP contribution in [0.5, 0.6) is 0 Å². The minimum atomic E-state index is -0.237. The molecule has 0 amide bonds. The van der Waals surface area contributed by atoms with Crippen LogP contribution in [0.3, 0.4) is 0 Å². The van der Waals surface area contributed by atoms with Gasteiger partial charge < -0.3 is 0 Å². The van der Waals surface area contributed by atoms with Gasteiger partial charge in [-0.15, -0.1) is 11.6 Å². The zero-order chi connectivity index (χ0) is 11.4. The minimum Gasteiger partial charge on any atom is -0.241 e. The topological polar surface area (TPSA) is 25.8 Å². The first-order valence-corrected chi connectivity index (χ1v) is 5.42. The molecule has 0 saturated heterocycles. The third-order valence-corrected chi connectivity index (χ3v) is 2.45. The van der Waals surface area contributed by atoms with Crippen LogP contribution in [0.25, 0.3) is 0 Å². The van der Waals surface area contributed by atoms with Crippen LogP contribution in [0.4, 0.5) is 4.39 Å². The average Bonchev–Trinajstić information content (AvgIpc) is 2.32. The fourth-order valence-electron chi connectivity index (χ4n) is 1.39. The van der Waals surface area contributed by atoms with E-state index in [2.05, 4.69) is 9.97 Å². The van der Waals surface area contributed by atoms with Crippen molar-refractivity contribution in [2.45, 2.75) is 12.3 Å². The Balaban J connectivity index is 2.16. The molecule has 0 spiro atoms. The van der Waals surface area contributed by atoms with Gasteiger partial charge in [-0.25, -0.2) is 14.4 Å². The molecule has 1 aromatic carbocycles. The van der Waals surface area contributed by atoms with E-state index in [1.54, 1.807) is 24.4 Å². The van der Waals surface area contributed by atoms with Gasteiger partial charge in [0.25, 0.3) is 0 Å². The summed E-state index contributed by atoms with van der Waals surface area (Å²) < 4.78 is 12.7. The summed E-state index contributed by atoms with van der Waals surface area (Å²) in [6.45, 7) is 0. The molecule has 0 N–H and O–H groups in total. The summed E-state index contributed by atoms with van der Waals surface area (Å²) in [4.78, 5) is 8.41. The third-order valence-electron chi connectivity index (χ3n) is 2.18. The molecule has 0 aliphatic heterocycles. The number of alkyl halides is 1. The molecule has 0 aliphatic rings. The lowest BCUT2D eigenvalue weighted by Gasteiger charge is -2.01. The van der Waals surface area contributed by atoms with Crippen LogP contribution in [-0.4, -0.2) is 9.97 Å². The van der Waals surface area contributed by atoms with E-state index in [-0.39, 0.29) is 5.82 Å². The van der Waals surface area contributed by atoms with E-state index in [1.807, 2.05) is 0 Å². The number of rotatable bonds is 3. The van der Waals surface area contributed by atoms with E-state index >= 15 is 0 Å². The molecule has 1 heterocycles. The van der Waals surface area contributed by atoms with Gasteiger partial charge in [0.1, 0.15) is 11.6 Å². The molecule has 2 aromatic rings. The Hall–Kier alpha value is -1.48. The van der Waals surface area contributed by atoms with Crippen LogP contribution in [0.15, 0.2) is 36.5 Å². The highest BCUT2D eigenvalue weighted by Gasteiger charge is 2.01. The SMILES string of the molecule is Fc1ccc(Cc2nccc(CCl)n2)cc1. The first-order valence-electron chi connectivity index (χ1n) is 4.89. The van der Waals surface area contributed by atoms with Gasteiger partial charge in [0.2, 0.25) is 0 Å². The Bertz CT molecular complexity index is 471. The fraction of sp³-hybridized carbons (Fsp3) is 0.167. The largest absolute Gasteiger partial charge is 0.241 e. The lowest BCUT2D eigenvalue weighted by Crippen LogP contribution is -1.98. The maximum atomic E-state index is 12.7. The van der Waals surface area contributed by atoms with Gasteiger partial charge in [-0.2, -0.15) is 0 Å². The number of halogens is 2. The Morgan fingerprint density at radius 3 is 2.56 bits per heavy atom. The van der Waals surface area contributed by atoms with Crippen LogP contribution in [0.2, 0.25) is 0 Å². The molecular weight excluding hydrogens is 227 g/mol. The number of nitrogens with zero attached hydrogens (tertiary/aromatic N) is 2. The van der Waals surface area contributed by atoms with E-state index in [1.165, 1.54) is 12.1 Å². The molecule has 0 aliphatic carbocycles. The lowest BCUT2D eigenvalue weighted by atomic mass is 10.1. The quantitative estimate of drug-likeness (QED) is 0.766. The molecule has 0 atom stereocenters. The van der Waals surface area contributed by atoms with Crippen LogP contribution < -0.4 is 0 Å². The summed E-state index contributed by atoms with van der Waals surface area (Å²) >= 11 is 5.68. The van der Waals surface area contributed by atoms with Crippen molar-refractivity contribution in [3.63, 3.8) is 0 Å². The highest BCUT2D eigenvalue weighted by atomic mass is 35.5. The second-order valence-electron chi connectivity index (χ2n) is 3.40. The van der Waals surface area contributed by atoms with Gasteiger partial charge >= 0.3 is 0 Å². The van der Waals surface area contributed by atoms with Crippen LogP contribution >= 0.6 is 11.6 Å². The normalized spacial score (nSPS) is 10.4. The second kappa shape index (κ2) is 5.03. The number of hydrogen-bond donors (Lipinski definition) is 0. The maximum Gasteiger partial charge on any atom is 0.132 e. The number of aromatic nitrogens is 2. The minimum absolute atomic E-state index is 0.237. The van der Waals surface area contributed by atoms with E-state index < -0.39 is 0 Å². The first kappa shape index (κ1) is 11.0. The van der Waals surface area contributed by atoms with Crippen molar-refractivity contribution in [1.29, 1.82) is 0 Å². The van der Waals surface area contributed by atoms with Gasteiger partial charge in [0, 0.05) is 12.6 Å². The summed E-state index contributed by atoms with van der Waals surface area (Å²) in [7, 11) is 0. The zero-order valence-corrected chi connectivity index (χ0v) is 9.28. The van der Waals surface area contributed by atoms with Crippen molar-refractivity contribution >= 4 is 11.6 Å². The van der Waals surface area contributed by atoms with Gasteiger partial charge in [-0.1, -0.05) is 12.1 Å². The van der Waals surface area contributed by atoms with E-state index in [9.17, 15) is 4.39 Å². The lowest BCUT2D eigenvalue weighted by molar-refractivity contribution is 0.627. The van der Waals surface area contributed by atoms with Crippen molar-refractivity contribution in [2.24, 2.45) is 0 Å². The highest BCUT2D eigenvalue weighted by molar-refractivity contribution is 6.16. The van der Waals surface area contributed by atoms with Crippen molar-refractivity contribution in [3.8, 4) is 0 Å². The second-order valence-corrected chi connectivity index (χ2v) is 3.67. The molecule has 0 saturated carbocycles. The summed E-state index contributed by atoms with van der Waals surface area (Å²) in [5, 5.41) is 0. The molecule has 0 fully saturated rings. The highest BCUT2D eigenvalue weighted by Crippen LogP contribution is 2.08. The molecular formula is C12H10ClFN2. The number of hydrogen-bond acceptors (Lipinski definition) is 2. The summed E-state index contributed by atoms with van der Waals surface area (Å²) in [6.07, 6.45) is 2.27. The molecule has 16 heavy (non-hydrogen) atoms. The van der Waals surface area contributed by atoms with E-state index in [0.717, 1.165) is 11.3 Å². The van der Waals surface area contributed by atoms with E-state index in [4.69, 9.17) is 11.6 Å². The molecule has 4 heteroatoms. The number of benzene rings is 1. The molecule has 82 valence electrons. The first-order chi connectivity index (χ1) is 7.78. The zero-order valence-electron chi connectivity index (χ0n) is 8.53.